The van der Waals surface area contributed by atoms with Gasteiger partial charge in [-0.2, -0.15) is 0 Å². The van der Waals surface area contributed by atoms with E-state index in [1.54, 1.807) is 0 Å². The largest absolute Gasteiger partial charge is 0.455 e. The zero-order valence-electron chi connectivity index (χ0n) is 69.1. The molecule has 0 unspecified atom stereocenters. The summed E-state index contributed by atoms with van der Waals surface area (Å²) in [7, 11) is 0. The lowest BCUT2D eigenvalue weighted by Crippen LogP contribution is -2.17. The minimum Gasteiger partial charge on any atom is -0.455 e. The van der Waals surface area contributed by atoms with Gasteiger partial charge in [0.2, 0.25) is 0 Å². The summed E-state index contributed by atoms with van der Waals surface area (Å²) >= 11 is 0. The van der Waals surface area contributed by atoms with Crippen LogP contribution in [0.15, 0.2) is 470 Å². The van der Waals surface area contributed by atoms with Gasteiger partial charge in [0.25, 0.3) is 0 Å². The molecule has 2 heterocycles. The second-order valence-corrected chi connectivity index (χ2v) is 33.4. The molecular weight excluding hydrogens is 1510 g/mol. The fraction of sp³-hybridized carbons (Fsp3) is 0.0248. The number of benzene rings is 21. The Morgan fingerprint density at radius 1 is 0.176 bits per heavy atom. The molecule has 0 saturated carbocycles. The van der Waals surface area contributed by atoms with Crippen molar-refractivity contribution in [1.82, 2.24) is 0 Å². The maximum Gasteiger partial charge on any atom is 0.143 e. The van der Waals surface area contributed by atoms with E-state index in [4.69, 9.17) is 8.83 Å². The van der Waals surface area contributed by atoms with Crippen LogP contribution in [-0.4, -0.2) is 0 Å². The Balaban J connectivity index is 0.000000144. The lowest BCUT2D eigenvalue weighted by molar-refractivity contribution is 0.660. The van der Waals surface area contributed by atoms with Crippen LogP contribution in [-0.2, 0) is 5.41 Å². The van der Waals surface area contributed by atoms with E-state index in [0.717, 1.165) is 94.7 Å². The van der Waals surface area contributed by atoms with Crippen LogP contribution in [0.5, 0.6) is 0 Å². The van der Waals surface area contributed by atoms with Gasteiger partial charge in [0.1, 0.15) is 22.3 Å². The van der Waals surface area contributed by atoms with Crippen LogP contribution in [0.2, 0.25) is 0 Å². The van der Waals surface area contributed by atoms with Crippen LogP contribution < -0.4 is 9.80 Å². The molecule has 125 heavy (non-hydrogen) atoms. The number of nitrogens with zero attached hydrogens (tertiary/aromatic N) is 2. The topological polar surface area (TPSA) is 32.8 Å². The molecule has 24 rings (SSSR count). The van der Waals surface area contributed by atoms with E-state index in [9.17, 15) is 0 Å². The quantitative estimate of drug-likeness (QED) is 0.102. The molecule has 0 radical (unpaired) electrons. The maximum atomic E-state index is 6.50. The first kappa shape index (κ1) is 74.0. The molecule has 0 spiro atoms. The van der Waals surface area contributed by atoms with E-state index in [-0.39, 0.29) is 5.41 Å². The molecule has 0 aliphatic heterocycles. The third kappa shape index (κ3) is 13.4. The van der Waals surface area contributed by atoms with Crippen molar-refractivity contribution in [2.75, 3.05) is 9.80 Å². The van der Waals surface area contributed by atoms with Gasteiger partial charge in [0.15, 0.2) is 0 Å². The van der Waals surface area contributed by atoms with Gasteiger partial charge in [-0.1, -0.05) is 384 Å². The zero-order chi connectivity index (χ0) is 83.1. The molecule has 2 aromatic heterocycles. The molecule has 23 aromatic rings. The molecule has 0 atom stereocenters. The third-order valence-corrected chi connectivity index (χ3v) is 25.8. The normalized spacial score (nSPS) is 12.1. The van der Waals surface area contributed by atoms with Gasteiger partial charge >= 0.3 is 0 Å². The van der Waals surface area contributed by atoms with Crippen LogP contribution in [0.25, 0.3) is 187 Å². The van der Waals surface area contributed by atoms with E-state index in [0.29, 0.717) is 0 Å². The molecule has 4 nitrogen and oxygen atoms in total. The minimum absolute atomic E-state index is 0.245. The average molecular weight is 1600 g/mol. The van der Waals surface area contributed by atoms with Crippen molar-refractivity contribution in [2.24, 2.45) is 0 Å². The van der Waals surface area contributed by atoms with Crippen molar-refractivity contribution >= 4 is 121 Å². The summed E-state index contributed by atoms with van der Waals surface area (Å²) in [5.74, 6) is 0. The van der Waals surface area contributed by atoms with Crippen molar-refractivity contribution in [2.45, 2.75) is 19.3 Å². The standard InChI is InChI=1S/C62H41NO.C59H41NO/c1-3-10-42(11-4-1)44-18-22-46(23-19-44)48-28-33-53(34-29-48)63(54-35-30-49(31-36-54)47-24-20-45(21-25-47)43-12-5-2-6-13-43)55-37-39-57-52(41-55)27-26-50-40-51(32-38-56(50)57)58-15-9-16-60-59-14-7-8-17-61(59)64-62(58)60;1-59(2)54-35-43(47-20-12-21-53-52-19-10-11-22-57(52)61-58(47)53)29-33-49(54)50-34-32-45(37-55(50)59)60(56-36-42-15-6-7-16-46(42)48-17-8-9-18-51(48)56)44-30-27-41(28-31-44)40-25-23-39(24-26-40)38-13-4-3-5-14-38/h1-41H;3-37H,1-2H3. The molecule has 0 saturated heterocycles. The fourth-order valence-electron chi connectivity index (χ4n) is 19.3. The number of hydrogen-bond donors (Lipinski definition) is 0. The summed E-state index contributed by atoms with van der Waals surface area (Å²) in [6, 6.07) is 167. The molecule has 0 amide bonds. The molecule has 588 valence electrons. The zero-order valence-corrected chi connectivity index (χ0v) is 69.1. The number of furan rings is 2. The Morgan fingerprint density at radius 3 is 0.960 bits per heavy atom. The first-order chi connectivity index (χ1) is 61.7. The smallest absolute Gasteiger partial charge is 0.143 e. The number of anilines is 6. The predicted molar refractivity (Wildman–Crippen MR) is 528 cm³/mol. The summed E-state index contributed by atoms with van der Waals surface area (Å²) in [4.78, 5) is 4.83. The van der Waals surface area contributed by atoms with Gasteiger partial charge < -0.3 is 18.6 Å². The van der Waals surface area contributed by atoms with E-state index >= 15 is 0 Å². The van der Waals surface area contributed by atoms with Crippen molar-refractivity contribution in [3.8, 4) is 100 Å². The first-order valence-corrected chi connectivity index (χ1v) is 43.1. The van der Waals surface area contributed by atoms with E-state index in [1.807, 2.05) is 18.2 Å². The van der Waals surface area contributed by atoms with Crippen LogP contribution in [0.1, 0.15) is 25.0 Å². The molecule has 1 aliphatic rings. The van der Waals surface area contributed by atoms with E-state index in [1.165, 1.54) is 138 Å². The highest BCUT2D eigenvalue weighted by atomic mass is 16.3. The summed E-state index contributed by atoms with van der Waals surface area (Å²) in [5, 5.41) is 14.4. The molecule has 4 heteroatoms. The van der Waals surface area contributed by atoms with Gasteiger partial charge in [-0.3, -0.25) is 0 Å². The summed E-state index contributed by atoms with van der Waals surface area (Å²) < 4.78 is 12.9. The highest BCUT2D eigenvalue weighted by molar-refractivity contribution is 6.16. The van der Waals surface area contributed by atoms with Crippen molar-refractivity contribution < 1.29 is 8.83 Å². The van der Waals surface area contributed by atoms with Crippen molar-refractivity contribution in [1.29, 1.82) is 0 Å². The minimum atomic E-state index is -0.245. The van der Waals surface area contributed by atoms with Gasteiger partial charge in [-0.05, 0) is 229 Å². The molecule has 0 bridgehead atoms. The third-order valence-electron chi connectivity index (χ3n) is 25.8. The SMILES string of the molecule is CC1(C)c2cc(-c3cccc4c3oc3ccccc34)ccc2-c2ccc(N(c3ccc(-c4ccc(-c5ccccc5)cc4)cc3)c3cc4ccccc4c4ccccc34)cc21.c1ccc(-c2ccc(-c3ccc(N(c4ccc(-c5ccc(-c6ccccc6)cc5)cc4)c4ccc5c(ccc6cc(-c7cccc8c7oc7ccccc78)ccc65)c4)cc3)cc2)cc1. The number of rotatable bonds is 14. The number of hydrogen-bond acceptors (Lipinski definition) is 4. The Morgan fingerprint density at radius 2 is 0.480 bits per heavy atom. The van der Waals surface area contributed by atoms with Crippen molar-refractivity contribution in [3.05, 3.63) is 472 Å². The molecule has 21 aromatic carbocycles. The maximum absolute atomic E-state index is 6.50. The van der Waals surface area contributed by atoms with Crippen LogP contribution in [0.3, 0.4) is 0 Å². The summed E-state index contributed by atoms with van der Waals surface area (Å²) in [6.45, 7) is 4.75. The Hall–Kier alpha value is -16.1. The highest BCUT2D eigenvalue weighted by Gasteiger charge is 2.37. The average Bonchev–Trinajstić information content (AvgIpc) is 1.56. The highest BCUT2D eigenvalue weighted by Crippen LogP contribution is 2.54. The molecular formula is C121H82N2O2. The van der Waals surface area contributed by atoms with Gasteiger partial charge in [-0.15, -0.1) is 0 Å². The second kappa shape index (κ2) is 30.8. The predicted octanol–water partition coefficient (Wildman–Crippen LogP) is 34.4. The lowest BCUT2D eigenvalue weighted by atomic mass is 9.81. The fourth-order valence-corrected chi connectivity index (χ4v) is 19.3. The molecule has 0 N–H and O–H groups in total. The molecule has 1 aliphatic carbocycles. The van der Waals surface area contributed by atoms with E-state index in [2.05, 4.69) is 466 Å². The summed E-state index contributed by atoms with van der Waals surface area (Å²) in [5.41, 5.74) is 34.3. The van der Waals surface area contributed by atoms with Crippen LogP contribution in [0, 0.1) is 0 Å². The van der Waals surface area contributed by atoms with Crippen LogP contribution >= 0.6 is 0 Å². The van der Waals surface area contributed by atoms with E-state index < -0.39 is 0 Å². The Bertz CT molecular complexity index is 7930. The number of para-hydroxylation sites is 4. The second-order valence-electron chi connectivity index (χ2n) is 33.4. The Kier molecular flexibility index (Phi) is 18.2. The number of fused-ring (bicyclic) bond motifs is 15. The first-order valence-electron chi connectivity index (χ1n) is 43.1. The van der Waals surface area contributed by atoms with Gasteiger partial charge in [0.05, 0.1) is 5.69 Å². The summed E-state index contributed by atoms with van der Waals surface area (Å²) in [6.07, 6.45) is 0. The lowest BCUT2D eigenvalue weighted by Gasteiger charge is -2.29. The Labute approximate surface area is 726 Å². The van der Waals surface area contributed by atoms with Crippen molar-refractivity contribution in [3.63, 3.8) is 0 Å². The monoisotopic (exact) mass is 1590 g/mol. The van der Waals surface area contributed by atoms with Gasteiger partial charge in [0, 0.05) is 71.9 Å². The molecule has 0 fully saturated rings. The van der Waals surface area contributed by atoms with Crippen LogP contribution in [0.4, 0.5) is 34.1 Å². The van der Waals surface area contributed by atoms with Gasteiger partial charge in [-0.25, -0.2) is 0 Å².